The third kappa shape index (κ3) is 1.76. The van der Waals surface area contributed by atoms with Gasteiger partial charge in [-0.25, -0.2) is 0 Å². The van der Waals surface area contributed by atoms with Gasteiger partial charge in [-0.2, -0.15) is 0 Å². The van der Waals surface area contributed by atoms with Crippen molar-refractivity contribution in [3.05, 3.63) is 23.8 Å². The predicted molar refractivity (Wildman–Crippen MR) is 69.5 cm³/mol. The summed E-state index contributed by atoms with van der Waals surface area (Å²) in [6.45, 7) is 3.29. The average Bonchev–Trinajstić information content (AvgIpc) is 2.80. The molecule has 0 radical (unpaired) electrons. The molecule has 2 aliphatic rings. The molecule has 1 aromatic rings. The maximum atomic E-state index is 11.5. The standard InChI is InChI=1S/C13H17N3O2/c1-13(18)4-5-16(7-13)8-2-3-9-10(6-8)15-12(17)11(9)14/h2-3,6,11,18H,4-5,7,14H2,1H3,(H,15,17). The van der Waals surface area contributed by atoms with Crippen LogP contribution in [0.25, 0.3) is 0 Å². The van der Waals surface area contributed by atoms with Gasteiger partial charge in [0.25, 0.3) is 0 Å². The number of hydrogen-bond donors (Lipinski definition) is 3. The third-order valence-electron chi connectivity index (χ3n) is 3.73. The molecule has 2 heterocycles. The first-order valence-corrected chi connectivity index (χ1v) is 6.14. The van der Waals surface area contributed by atoms with Crippen LogP contribution in [0, 0.1) is 0 Å². The first-order valence-electron chi connectivity index (χ1n) is 6.14. The number of nitrogens with zero attached hydrogens (tertiary/aromatic N) is 1. The van der Waals surface area contributed by atoms with Crippen molar-refractivity contribution in [1.82, 2.24) is 0 Å². The van der Waals surface area contributed by atoms with Gasteiger partial charge in [-0.05, 0) is 25.5 Å². The Hall–Kier alpha value is -1.59. The molecule has 5 heteroatoms. The Kier molecular flexibility index (Phi) is 2.36. The van der Waals surface area contributed by atoms with Gasteiger partial charge in [0.05, 0.1) is 5.60 Å². The van der Waals surface area contributed by atoms with Gasteiger partial charge in [0, 0.05) is 30.0 Å². The molecule has 18 heavy (non-hydrogen) atoms. The Bertz CT molecular complexity index is 513. The van der Waals surface area contributed by atoms with E-state index in [1.807, 2.05) is 25.1 Å². The zero-order chi connectivity index (χ0) is 12.9. The molecule has 1 amide bonds. The van der Waals surface area contributed by atoms with Crippen LogP contribution >= 0.6 is 0 Å². The summed E-state index contributed by atoms with van der Waals surface area (Å²) < 4.78 is 0. The molecule has 1 saturated heterocycles. The molecule has 4 N–H and O–H groups in total. The zero-order valence-electron chi connectivity index (χ0n) is 10.3. The summed E-state index contributed by atoms with van der Waals surface area (Å²) in [5.41, 5.74) is 7.79. The smallest absolute Gasteiger partial charge is 0.245 e. The summed E-state index contributed by atoms with van der Waals surface area (Å²) in [6, 6.07) is 5.22. The van der Waals surface area contributed by atoms with Crippen LogP contribution in [0.5, 0.6) is 0 Å². The van der Waals surface area contributed by atoms with Crippen molar-refractivity contribution in [3.63, 3.8) is 0 Å². The lowest BCUT2D eigenvalue weighted by Gasteiger charge is -2.21. The number of anilines is 2. The first-order chi connectivity index (χ1) is 8.46. The zero-order valence-corrected chi connectivity index (χ0v) is 10.3. The van der Waals surface area contributed by atoms with Crippen LogP contribution in [0.4, 0.5) is 11.4 Å². The number of fused-ring (bicyclic) bond motifs is 1. The molecule has 2 atom stereocenters. The normalized spacial score (nSPS) is 30.5. The Morgan fingerprint density at radius 1 is 1.56 bits per heavy atom. The molecule has 0 bridgehead atoms. The van der Waals surface area contributed by atoms with Crippen LogP contribution < -0.4 is 16.0 Å². The Balaban J connectivity index is 1.89. The maximum Gasteiger partial charge on any atom is 0.245 e. The molecule has 0 aromatic heterocycles. The number of rotatable bonds is 1. The second kappa shape index (κ2) is 3.70. The maximum absolute atomic E-state index is 11.5. The summed E-state index contributed by atoms with van der Waals surface area (Å²) in [4.78, 5) is 13.6. The third-order valence-corrected chi connectivity index (χ3v) is 3.73. The topological polar surface area (TPSA) is 78.6 Å². The Morgan fingerprint density at radius 3 is 3.00 bits per heavy atom. The monoisotopic (exact) mass is 247 g/mol. The summed E-state index contributed by atoms with van der Waals surface area (Å²) in [5, 5.41) is 12.8. The molecule has 1 aromatic carbocycles. The molecular weight excluding hydrogens is 230 g/mol. The molecule has 0 saturated carbocycles. The second-order valence-electron chi connectivity index (χ2n) is 5.41. The molecule has 96 valence electrons. The first kappa shape index (κ1) is 11.5. The number of β-amino-alcohol motifs (C(OH)–C–C–N with tert-alkyl or cyclic N) is 1. The number of carbonyl (C=O) groups is 1. The molecule has 2 aliphatic heterocycles. The molecule has 5 nitrogen and oxygen atoms in total. The van der Waals surface area contributed by atoms with Gasteiger partial charge in [0.2, 0.25) is 5.91 Å². The lowest BCUT2D eigenvalue weighted by atomic mass is 10.1. The van der Waals surface area contributed by atoms with E-state index in [9.17, 15) is 9.90 Å². The van der Waals surface area contributed by atoms with Crippen LogP contribution in [0.1, 0.15) is 24.9 Å². The van der Waals surface area contributed by atoms with Gasteiger partial charge in [-0.1, -0.05) is 6.07 Å². The van der Waals surface area contributed by atoms with Crippen molar-refractivity contribution in [3.8, 4) is 0 Å². The number of nitrogens with one attached hydrogen (secondary N) is 1. The number of benzene rings is 1. The molecule has 0 spiro atoms. The minimum Gasteiger partial charge on any atom is -0.388 e. The van der Waals surface area contributed by atoms with E-state index < -0.39 is 11.6 Å². The highest BCUT2D eigenvalue weighted by Gasteiger charge is 2.33. The van der Waals surface area contributed by atoms with Crippen LogP contribution in [-0.2, 0) is 4.79 Å². The van der Waals surface area contributed by atoms with Crippen molar-refractivity contribution in [2.45, 2.75) is 25.0 Å². The molecule has 1 fully saturated rings. The van der Waals surface area contributed by atoms with Crippen molar-refractivity contribution in [1.29, 1.82) is 0 Å². The molecular formula is C13H17N3O2. The van der Waals surface area contributed by atoms with Gasteiger partial charge >= 0.3 is 0 Å². The van der Waals surface area contributed by atoms with Gasteiger partial charge in [0.1, 0.15) is 6.04 Å². The minimum atomic E-state index is -0.626. The van der Waals surface area contributed by atoms with Crippen molar-refractivity contribution >= 4 is 17.3 Å². The number of amides is 1. The van der Waals surface area contributed by atoms with E-state index in [1.54, 1.807) is 0 Å². The van der Waals surface area contributed by atoms with Crippen molar-refractivity contribution in [2.24, 2.45) is 5.73 Å². The van der Waals surface area contributed by atoms with Gasteiger partial charge in [0.15, 0.2) is 0 Å². The van der Waals surface area contributed by atoms with E-state index in [-0.39, 0.29) is 5.91 Å². The van der Waals surface area contributed by atoms with Crippen LogP contribution in [0.15, 0.2) is 18.2 Å². The van der Waals surface area contributed by atoms with Crippen LogP contribution in [-0.4, -0.2) is 29.7 Å². The van der Waals surface area contributed by atoms with E-state index in [1.165, 1.54) is 0 Å². The Morgan fingerprint density at radius 2 is 2.33 bits per heavy atom. The quantitative estimate of drug-likeness (QED) is 0.679. The predicted octanol–water partition coefficient (Wildman–Crippen LogP) is 0.600. The van der Waals surface area contributed by atoms with Crippen molar-refractivity contribution < 1.29 is 9.90 Å². The van der Waals surface area contributed by atoms with E-state index >= 15 is 0 Å². The average molecular weight is 247 g/mol. The fourth-order valence-corrected chi connectivity index (χ4v) is 2.64. The SMILES string of the molecule is CC1(O)CCN(c2ccc3c(c2)NC(=O)C3N)C1. The van der Waals surface area contributed by atoms with Gasteiger partial charge in [-0.3, -0.25) is 4.79 Å². The highest BCUT2D eigenvalue weighted by molar-refractivity contribution is 6.02. The molecule has 2 unspecified atom stereocenters. The fourth-order valence-electron chi connectivity index (χ4n) is 2.64. The number of hydrogen-bond acceptors (Lipinski definition) is 4. The van der Waals surface area contributed by atoms with E-state index in [0.717, 1.165) is 29.9 Å². The largest absolute Gasteiger partial charge is 0.388 e. The van der Waals surface area contributed by atoms with Crippen LogP contribution in [0.2, 0.25) is 0 Å². The van der Waals surface area contributed by atoms with E-state index in [0.29, 0.717) is 6.54 Å². The number of aliphatic hydroxyl groups is 1. The van der Waals surface area contributed by atoms with E-state index in [4.69, 9.17) is 5.73 Å². The summed E-state index contributed by atoms with van der Waals surface area (Å²) in [5.74, 6) is -0.157. The lowest BCUT2D eigenvalue weighted by Crippen LogP contribution is -2.29. The Labute approximate surface area is 106 Å². The van der Waals surface area contributed by atoms with Gasteiger partial charge < -0.3 is 21.1 Å². The van der Waals surface area contributed by atoms with Crippen molar-refractivity contribution in [2.75, 3.05) is 23.3 Å². The second-order valence-corrected chi connectivity index (χ2v) is 5.41. The molecule has 3 rings (SSSR count). The number of carbonyl (C=O) groups excluding carboxylic acids is 1. The minimum absolute atomic E-state index is 0.157. The summed E-state index contributed by atoms with van der Waals surface area (Å²) >= 11 is 0. The molecule has 0 aliphatic carbocycles. The summed E-state index contributed by atoms with van der Waals surface area (Å²) in [6.07, 6.45) is 0.760. The van der Waals surface area contributed by atoms with E-state index in [2.05, 4.69) is 10.2 Å². The lowest BCUT2D eigenvalue weighted by molar-refractivity contribution is -0.116. The number of nitrogens with two attached hydrogens (primary N) is 1. The highest BCUT2D eigenvalue weighted by Crippen LogP contribution is 2.34. The summed E-state index contributed by atoms with van der Waals surface area (Å²) in [7, 11) is 0. The van der Waals surface area contributed by atoms with Crippen LogP contribution in [0.3, 0.4) is 0 Å². The van der Waals surface area contributed by atoms with Gasteiger partial charge in [-0.15, -0.1) is 0 Å². The fraction of sp³-hybridized carbons (Fsp3) is 0.462. The highest BCUT2D eigenvalue weighted by atomic mass is 16.3.